The second-order valence-corrected chi connectivity index (χ2v) is 7.21. The molecule has 3 N–H and O–H groups in total. The molecule has 154 valence electrons. The highest BCUT2D eigenvalue weighted by molar-refractivity contribution is 4.67. The van der Waals surface area contributed by atoms with Gasteiger partial charge < -0.3 is 25.4 Å². The van der Waals surface area contributed by atoms with E-state index < -0.39 is 0 Å². The molecule has 1 aliphatic heterocycles. The molecule has 5 nitrogen and oxygen atoms in total. The quantitative estimate of drug-likeness (QED) is 0.525. The summed E-state index contributed by atoms with van der Waals surface area (Å²) in [5, 5.41) is 10.6. The zero-order chi connectivity index (χ0) is 18.5. The van der Waals surface area contributed by atoms with Crippen LogP contribution in [0.5, 0.6) is 0 Å². The van der Waals surface area contributed by atoms with Crippen molar-refractivity contribution < 1.29 is 9.47 Å². The minimum absolute atomic E-state index is 0.133. The highest BCUT2D eigenvalue weighted by Crippen LogP contribution is 2.01. The van der Waals surface area contributed by atoms with Gasteiger partial charge in [-0.15, -0.1) is 6.58 Å². The van der Waals surface area contributed by atoms with E-state index in [9.17, 15) is 0 Å². The summed E-state index contributed by atoms with van der Waals surface area (Å²) in [6.45, 7) is 12.2. The first-order valence-electron chi connectivity index (χ1n) is 10.9. The van der Waals surface area contributed by atoms with Crippen LogP contribution < -0.4 is 16.0 Å². The molecule has 26 heavy (non-hydrogen) atoms. The van der Waals surface area contributed by atoms with Gasteiger partial charge in [0.25, 0.3) is 0 Å². The Morgan fingerprint density at radius 3 is 1.88 bits per heavy atom. The van der Waals surface area contributed by atoms with Crippen molar-refractivity contribution in [3.63, 3.8) is 0 Å². The fourth-order valence-electron chi connectivity index (χ4n) is 3.12. The van der Waals surface area contributed by atoms with Gasteiger partial charge in [-0.25, -0.2) is 0 Å². The summed E-state index contributed by atoms with van der Waals surface area (Å²) >= 11 is 0. The number of rotatable bonds is 4. The molecule has 0 spiro atoms. The molecule has 1 rings (SSSR count). The maximum atomic E-state index is 6.02. The maximum Gasteiger partial charge on any atom is 0.0932 e. The second-order valence-electron chi connectivity index (χ2n) is 7.21. The van der Waals surface area contributed by atoms with Crippen LogP contribution in [0.15, 0.2) is 12.7 Å². The molecule has 0 saturated carbocycles. The van der Waals surface area contributed by atoms with Crippen LogP contribution in [-0.2, 0) is 9.47 Å². The largest absolute Gasteiger partial charge is 0.375 e. The number of ether oxygens (including phenoxy) is 2. The van der Waals surface area contributed by atoms with Crippen molar-refractivity contribution in [3.05, 3.63) is 12.7 Å². The Balaban J connectivity index is 2.22. The Morgan fingerprint density at radius 1 is 0.769 bits per heavy atom. The Hall–Kier alpha value is -0.460. The SMILES string of the molecule is C=CCOCC1CNCCCCCCNCCCCCCNCCCO1. The second kappa shape index (κ2) is 19.3. The van der Waals surface area contributed by atoms with E-state index in [0.29, 0.717) is 13.2 Å². The number of hydrogen-bond donors (Lipinski definition) is 3. The van der Waals surface area contributed by atoms with E-state index in [1.165, 1.54) is 64.5 Å². The molecular weight excluding hydrogens is 326 g/mol. The maximum absolute atomic E-state index is 6.02. The number of nitrogens with one attached hydrogen (secondary N) is 3. The van der Waals surface area contributed by atoms with Crippen molar-refractivity contribution in [2.45, 2.75) is 63.9 Å². The topological polar surface area (TPSA) is 54.5 Å². The fraction of sp³-hybridized carbons (Fsp3) is 0.905. The Bertz CT molecular complexity index is 281. The summed E-state index contributed by atoms with van der Waals surface area (Å²) in [4.78, 5) is 0. The number of hydrogen-bond acceptors (Lipinski definition) is 5. The van der Waals surface area contributed by atoms with Gasteiger partial charge in [-0.05, 0) is 64.8 Å². The average molecular weight is 370 g/mol. The zero-order valence-electron chi connectivity index (χ0n) is 16.9. The minimum Gasteiger partial charge on any atom is -0.375 e. The van der Waals surface area contributed by atoms with Crippen molar-refractivity contribution in [1.29, 1.82) is 0 Å². The molecule has 0 aliphatic carbocycles. The first-order valence-corrected chi connectivity index (χ1v) is 10.9. The van der Waals surface area contributed by atoms with Gasteiger partial charge in [-0.1, -0.05) is 31.8 Å². The summed E-state index contributed by atoms with van der Waals surface area (Å²) in [6.07, 6.45) is 13.4. The van der Waals surface area contributed by atoms with E-state index in [-0.39, 0.29) is 6.10 Å². The van der Waals surface area contributed by atoms with E-state index >= 15 is 0 Å². The molecule has 0 aromatic heterocycles. The van der Waals surface area contributed by atoms with Gasteiger partial charge in [-0.3, -0.25) is 0 Å². The molecule has 5 heteroatoms. The van der Waals surface area contributed by atoms with E-state index in [1.54, 1.807) is 6.08 Å². The lowest BCUT2D eigenvalue weighted by Gasteiger charge is -2.18. The van der Waals surface area contributed by atoms with E-state index in [0.717, 1.165) is 39.2 Å². The van der Waals surface area contributed by atoms with Crippen LogP contribution in [0, 0.1) is 0 Å². The van der Waals surface area contributed by atoms with Crippen molar-refractivity contribution >= 4 is 0 Å². The Kier molecular flexibility index (Phi) is 17.5. The molecule has 1 aliphatic rings. The van der Waals surface area contributed by atoms with E-state index in [1.807, 2.05) is 0 Å². The predicted molar refractivity (Wildman–Crippen MR) is 111 cm³/mol. The molecule has 0 radical (unpaired) electrons. The van der Waals surface area contributed by atoms with Crippen LogP contribution in [0.1, 0.15) is 57.8 Å². The van der Waals surface area contributed by atoms with Crippen LogP contribution in [0.4, 0.5) is 0 Å². The molecule has 0 amide bonds. The third-order valence-electron chi connectivity index (χ3n) is 4.68. The van der Waals surface area contributed by atoms with Gasteiger partial charge in [0.2, 0.25) is 0 Å². The molecule has 0 aromatic rings. The summed E-state index contributed by atoms with van der Waals surface area (Å²) in [6, 6.07) is 0. The van der Waals surface area contributed by atoms with Gasteiger partial charge in [0.05, 0.1) is 19.3 Å². The van der Waals surface area contributed by atoms with E-state index in [4.69, 9.17) is 9.47 Å². The summed E-state index contributed by atoms with van der Waals surface area (Å²) in [5.74, 6) is 0. The van der Waals surface area contributed by atoms with Gasteiger partial charge in [-0.2, -0.15) is 0 Å². The summed E-state index contributed by atoms with van der Waals surface area (Å²) in [7, 11) is 0. The molecular formula is C21H43N3O2. The Labute approximate surface area is 161 Å². The van der Waals surface area contributed by atoms with Crippen molar-refractivity contribution in [2.24, 2.45) is 0 Å². The first-order chi connectivity index (χ1) is 12.9. The van der Waals surface area contributed by atoms with Crippen molar-refractivity contribution in [3.8, 4) is 0 Å². The van der Waals surface area contributed by atoms with Crippen LogP contribution in [0.25, 0.3) is 0 Å². The van der Waals surface area contributed by atoms with E-state index in [2.05, 4.69) is 22.5 Å². The monoisotopic (exact) mass is 369 g/mol. The molecule has 0 bridgehead atoms. The third kappa shape index (κ3) is 15.8. The highest BCUT2D eigenvalue weighted by atomic mass is 16.5. The van der Waals surface area contributed by atoms with Crippen LogP contribution in [0.3, 0.4) is 0 Å². The molecule has 1 saturated heterocycles. The smallest absolute Gasteiger partial charge is 0.0932 e. The van der Waals surface area contributed by atoms with Crippen LogP contribution in [0.2, 0.25) is 0 Å². The standard InChI is InChI=1S/C21H43N3O2/c1-2-17-25-20-21-19-24-15-10-6-5-8-13-22-12-7-3-4-9-14-23-16-11-18-26-21/h2,21-24H,1,3-20H2. The Morgan fingerprint density at radius 2 is 1.31 bits per heavy atom. The van der Waals surface area contributed by atoms with Gasteiger partial charge in [0, 0.05) is 13.2 Å². The van der Waals surface area contributed by atoms with Gasteiger partial charge in [0.1, 0.15) is 0 Å². The lowest BCUT2D eigenvalue weighted by atomic mass is 10.1. The molecule has 1 unspecified atom stereocenters. The lowest BCUT2D eigenvalue weighted by Crippen LogP contribution is -2.34. The highest BCUT2D eigenvalue weighted by Gasteiger charge is 2.08. The normalized spacial score (nSPS) is 24.4. The molecule has 0 aromatic carbocycles. The average Bonchev–Trinajstić information content (AvgIpc) is 2.65. The summed E-state index contributed by atoms with van der Waals surface area (Å²) < 4.78 is 11.6. The van der Waals surface area contributed by atoms with Crippen molar-refractivity contribution in [2.75, 3.05) is 59.1 Å². The summed E-state index contributed by atoms with van der Waals surface area (Å²) in [5.41, 5.74) is 0. The predicted octanol–water partition coefficient (Wildman–Crippen LogP) is 2.87. The van der Waals surface area contributed by atoms with Crippen molar-refractivity contribution in [1.82, 2.24) is 16.0 Å². The van der Waals surface area contributed by atoms with Gasteiger partial charge >= 0.3 is 0 Å². The van der Waals surface area contributed by atoms with Gasteiger partial charge in [0.15, 0.2) is 0 Å². The zero-order valence-corrected chi connectivity index (χ0v) is 16.9. The lowest BCUT2D eigenvalue weighted by molar-refractivity contribution is -0.00956. The molecule has 1 atom stereocenters. The molecule has 1 fully saturated rings. The van der Waals surface area contributed by atoms with Crippen LogP contribution in [-0.4, -0.2) is 65.2 Å². The minimum atomic E-state index is 0.133. The first kappa shape index (κ1) is 23.6. The van der Waals surface area contributed by atoms with Crippen LogP contribution >= 0.6 is 0 Å². The fourth-order valence-corrected chi connectivity index (χ4v) is 3.12. The third-order valence-corrected chi connectivity index (χ3v) is 4.68. The molecule has 1 heterocycles.